The van der Waals surface area contributed by atoms with Crippen LogP contribution in [0, 0.1) is 5.92 Å². The summed E-state index contributed by atoms with van der Waals surface area (Å²) in [5.41, 5.74) is 8.43. The number of carbonyl (C=O) groups excluding carboxylic acids is 4. The molecule has 3 heterocycles. The maximum atomic E-state index is 12.3. The van der Waals surface area contributed by atoms with Crippen LogP contribution in [-0.4, -0.2) is 92.0 Å². The molecule has 1 saturated heterocycles. The standard InChI is InChI=1S/C30H45N3O12S/c1-7-17(2)24-25(41-20(5)36)22(40-19(4)35)14-30(44-24)16-46-28-27(45-30)26(42-21(6)37)23(15-39-18(3)34)43-29(28)38-13-11-9-8-10-12-32-33-31/h17,22-26,29H,7-16H2,1-6H3/t17-,22?,23?,24+,25?,26?,29?,30+/m1/s1. The fourth-order valence-corrected chi connectivity index (χ4v) is 6.67. The monoisotopic (exact) mass is 671 g/mol. The van der Waals surface area contributed by atoms with Crippen molar-refractivity contribution in [3.05, 3.63) is 21.1 Å². The largest absolute Gasteiger partial charge is 0.463 e. The number of unbranched alkanes of at least 4 members (excludes halogenated alkanes) is 3. The Morgan fingerprint density at radius 2 is 1.72 bits per heavy atom. The molecular formula is C30H45N3O12S. The zero-order chi connectivity index (χ0) is 33.9. The summed E-state index contributed by atoms with van der Waals surface area (Å²) < 4.78 is 47.9. The predicted molar refractivity (Wildman–Crippen MR) is 163 cm³/mol. The van der Waals surface area contributed by atoms with E-state index < -0.39 is 66.5 Å². The maximum Gasteiger partial charge on any atom is 0.303 e. The lowest BCUT2D eigenvalue weighted by atomic mass is 9.87. The zero-order valence-electron chi connectivity index (χ0n) is 27.3. The van der Waals surface area contributed by atoms with Crippen LogP contribution >= 0.6 is 11.8 Å². The Hall–Kier alpha value is -3.04. The quantitative estimate of drug-likeness (QED) is 0.0592. The van der Waals surface area contributed by atoms with Gasteiger partial charge in [-0.25, -0.2) is 0 Å². The molecule has 0 saturated carbocycles. The average molecular weight is 672 g/mol. The molecule has 0 N–H and O–H groups in total. The number of nitrogens with zero attached hydrogens (tertiary/aromatic N) is 3. The molecule has 0 amide bonds. The van der Waals surface area contributed by atoms with Crippen LogP contribution in [0.5, 0.6) is 0 Å². The molecule has 258 valence electrons. The van der Waals surface area contributed by atoms with Gasteiger partial charge in [0.15, 0.2) is 24.3 Å². The minimum absolute atomic E-state index is 0.0187. The van der Waals surface area contributed by atoms with Crippen LogP contribution in [0.1, 0.15) is 80.1 Å². The van der Waals surface area contributed by atoms with Crippen LogP contribution in [0.2, 0.25) is 0 Å². The van der Waals surface area contributed by atoms with Gasteiger partial charge in [-0.15, -0.1) is 11.8 Å². The molecule has 8 atom stereocenters. The SMILES string of the molecule is CC[C@@H](C)[C@@H]1O[C@@]2(CSC3=C(O2)C(OC(C)=O)C(COC(C)=O)OC3OCCCCCCN=[N+]=[N-])CC(OC(C)=O)C1OC(C)=O. The van der Waals surface area contributed by atoms with Crippen LogP contribution in [0.3, 0.4) is 0 Å². The molecule has 0 aromatic rings. The molecule has 46 heavy (non-hydrogen) atoms. The van der Waals surface area contributed by atoms with E-state index in [1.165, 1.54) is 39.5 Å². The van der Waals surface area contributed by atoms with Gasteiger partial charge in [-0.1, -0.05) is 38.2 Å². The number of ether oxygens (including phenoxy) is 8. The maximum absolute atomic E-state index is 12.3. The van der Waals surface area contributed by atoms with E-state index in [-0.39, 0.29) is 30.5 Å². The molecule has 15 nitrogen and oxygen atoms in total. The second kappa shape index (κ2) is 17.8. The molecule has 1 spiro atoms. The summed E-state index contributed by atoms with van der Waals surface area (Å²) in [4.78, 5) is 51.6. The zero-order valence-corrected chi connectivity index (χ0v) is 28.1. The van der Waals surface area contributed by atoms with Gasteiger partial charge in [-0.2, -0.15) is 0 Å². The lowest BCUT2D eigenvalue weighted by Crippen LogP contribution is -2.62. The topological polar surface area (TPSA) is 191 Å². The fraction of sp³-hybridized carbons (Fsp3) is 0.800. The highest BCUT2D eigenvalue weighted by molar-refractivity contribution is 8.03. The summed E-state index contributed by atoms with van der Waals surface area (Å²) in [6.45, 7) is 9.49. The van der Waals surface area contributed by atoms with Crippen LogP contribution in [0.25, 0.3) is 10.4 Å². The van der Waals surface area contributed by atoms with E-state index in [0.29, 0.717) is 30.9 Å². The van der Waals surface area contributed by atoms with Crippen molar-refractivity contribution in [2.75, 3.05) is 25.5 Å². The number of thioether (sulfide) groups is 1. The van der Waals surface area contributed by atoms with Gasteiger partial charge in [0.05, 0.1) is 23.7 Å². The lowest BCUT2D eigenvalue weighted by Gasteiger charge is -2.52. The fourth-order valence-electron chi connectivity index (χ4n) is 5.49. The Kier molecular flexibility index (Phi) is 14.4. The summed E-state index contributed by atoms with van der Waals surface area (Å²) in [5, 5.41) is 3.54. The van der Waals surface area contributed by atoms with Crippen molar-refractivity contribution >= 4 is 35.6 Å². The van der Waals surface area contributed by atoms with Gasteiger partial charge in [-0.3, -0.25) is 19.2 Å². The number of esters is 4. The highest BCUT2D eigenvalue weighted by Crippen LogP contribution is 2.49. The van der Waals surface area contributed by atoms with E-state index in [9.17, 15) is 19.2 Å². The third kappa shape index (κ3) is 10.5. The molecular weight excluding hydrogens is 626 g/mol. The van der Waals surface area contributed by atoms with Crippen molar-refractivity contribution in [2.45, 2.75) is 123 Å². The molecule has 16 heteroatoms. The van der Waals surface area contributed by atoms with Crippen molar-refractivity contribution in [3.8, 4) is 0 Å². The number of rotatable bonds is 15. The number of hydrogen-bond donors (Lipinski definition) is 0. The van der Waals surface area contributed by atoms with Crippen LogP contribution in [0.15, 0.2) is 15.8 Å². The molecule has 1 fully saturated rings. The Labute approximate surface area is 272 Å². The Morgan fingerprint density at radius 1 is 1.02 bits per heavy atom. The number of hydrogen-bond acceptors (Lipinski definition) is 14. The first-order valence-electron chi connectivity index (χ1n) is 15.6. The van der Waals surface area contributed by atoms with Crippen molar-refractivity contribution < 1.29 is 57.1 Å². The van der Waals surface area contributed by atoms with E-state index in [2.05, 4.69) is 10.0 Å². The van der Waals surface area contributed by atoms with Crippen molar-refractivity contribution in [1.82, 2.24) is 0 Å². The minimum Gasteiger partial charge on any atom is -0.463 e. The van der Waals surface area contributed by atoms with Gasteiger partial charge >= 0.3 is 23.9 Å². The van der Waals surface area contributed by atoms with Crippen LogP contribution in [-0.2, 0) is 57.1 Å². The molecule has 0 radical (unpaired) electrons. The molecule has 5 unspecified atom stereocenters. The van der Waals surface area contributed by atoms with Crippen LogP contribution < -0.4 is 0 Å². The van der Waals surface area contributed by atoms with Crippen molar-refractivity contribution in [2.24, 2.45) is 11.0 Å². The Balaban J connectivity index is 1.94. The summed E-state index contributed by atoms with van der Waals surface area (Å²) in [6, 6.07) is 0. The normalized spacial score (nSPS) is 29.4. The van der Waals surface area contributed by atoms with Gasteiger partial charge in [0.2, 0.25) is 5.79 Å². The lowest BCUT2D eigenvalue weighted by molar-refractivity contribution is -0.316. The molecule has 0 aliphatic carbocycles. The first-order chi connectivity index (χ1) is 21.9. The highest BCUT2D eigenvalue weighted by Gasteiger charge is 2.57. The van der Waals surface area contributed by atoms with E-state index in [0.717, 1.165) is 19.3 Å². The van der Waals surface area contributed by atoms with E-state index in [4.69, 9.17) is 43.4 Å². The van der Waals surface area contributed by atoms with E-state index in [1.54, 1.807) is 0 Å². The summed E-state index contributed by atoms with van der Waals surface area (Å²) in [6.07, 6.45) is -1.58. The molecule has 3 rings (SSSR count). The first kappa shape index (κ1) is 37.4. The van der Waals surface area contributed by atoms with Crippen LogP contribution in [0.4, 0.5) is 0 Å². The number of azide groups is 1. The highest BCUT2D eigenvalue weighted by atomic mass is 32.2. The summed E-state index contributed by atoms with van der Waals surface area (Å²) >= 11 is 1.34. The van der Waals surface area contributed by atoms with Gasteiger partial charge in [-0.05, 0) is 24.3 Å². The number of carbonyl (C=O) groups is 4. The minimum atomic E-state index is -1.37. The smallest absolute Gasteiger partial charge is 0.303 e. The summed E-state index contributed by atoms with van der Waals surface area (Å²) in [5.74, 6) is -3.29. The van der Waals surface area contributed by atoms with Gasteiger partial charge < -0.3 is 37.9 Å². The van der Waals surface area contributed by atoms with Gasteiger partial charge in [0.25, 0.3) is 0 Å². The van der Waals surface area contributed by atoms with E-state index >= 15 is 0 Å². The molecule has 0 aromatic heterocycles. The molecule has 3 aliphatic rings. The molecule has 0 aromatic carbocycles. The average Bonchev–Trinajstić information content (AvgIpc) is 2.98. The second-order valence-electron chi connectivity index (χ2n) is 11.5. The Morgan fingerprint density at radius 3 is 2.35 bits per heavy atom. The molecule has 0 bridgehead atoms. The third-order valence-electron chi connectivity index (χ3n) is 7.70. The van der Waals surface area contributed by atoms with E-state index in [1.807, 2.05) is 13.8 Å². The van der Waals surface area contributed by atoms with Gasteiger partial charge in [0.1, 0.15) is 24.9 Å². The molecule has 3 aliphatic heterocycles. The summed E-state index contributed by atoms with van der Waals surface area (Å²) in [7, 11) is 0. The van der Waals surface area contributed by atoms with Gasteiger partial charge in [0, 0.05) is 39.2 Å². The predicted octanol–water partition coefficient (Wildman–Crippen LogP) is 4.46. The third-order valence-corrected chi connectivity index (χ3v) is 8.99. The second-order valence-corrected chi connectivity index (χ2v) is 12.5. The Bertz CT molecular complexity index is 1180. The van der Waals surface area contributed by atoms with Crippen molar-refractivity contribution in [1.29, 1.82) is 0 Å². The van der Waals surface area contributed by atoms with Crippen molar-refractivity contribution in [3.63, 3.8) is 0 Å². The first-order valence-corrected chi connectivity index (χ1v) is 16.5.